The molecule has 164 valence electrons. The average Bonchev–Trinajstić information content (AvgIpc) is 2.73. The molecule has 0 atom stereocenters. The van der Waals surface area contributed by atoms with Crippen molar-refractivity contribution in [2.75, 3.05) is 13.2 Å². The average molecular weight is 421 g/mol. The fourth-order valence-electron chi connectivity index (χ4n) is 2.87. The van der Waals surface area contributed by atoms with E-state index in [0.717, 1.165) is 17.6 Å². The van der Waals surface area contributed by atoms with Gasteiger partial charge in [-0.15, -0.1) is 0 Å². The molecule has 2 rings (SSSR count). The summed E-state index contributed by atoms with van der Waals surface area (Å²) in [6, 6.07) is 10.2. The molecule has 0 aliphatic heterocycles. The van der Waals surface area contributed by atoms with Gasteiger partial charge < -0.3 is 9.47 Å². The lowest BCUT2D eigenvalue weighted by molar-refractivity contribution is -0.147. The molecular weight excluding hydrogens is 388 g/mol. The molecule has 1 aliphatic carbocycles. The van der Waals surface area contributed by atoms with Crippen molar-refractivity contribution < 1.29 is 19.1 Å². The van der Waals surface area contributed by atoms with Crippen molar-refractivity contribution in [1.29, 1.82) is 0 Å². The summed E-state index contributed by atoms with van der Waals surface area (Å²) in [5.74, 6) is -0.797. The Kier molecular flexibility index (Phi) is 8.80. The second-order valence-electron chi connectivity index (χ2n) is 8.56. The lowest BCUT2D eigenvalue weighted by atomic mass is 9.96. The Bertz CT molecular complexity index is 927. The van der Waals surface area contributed by atoms with Crippen molar-refractivity contribution in [3.8, 4) is 0 Å². The third-order valence-electron chi connectivity index (χ3n) is 4.82. The number of ether oxygens (including phenoxy) is 2. The van der Waals surface area contributed by atoms with Crippen LogP contribution in [0.1, 0.15) is 46.1 Å². The molecule has 0 spiro atoms. The predicted octanol–water partition coefficient (Wildman–Crippen LogP) is 5.98. The first-order valence-corrected chi connectivity index (χ1v) is 10.5. The van der Waals surface area contributed by atoms with Crippen molar-refractivity contribution in [2.24, 2.45) is 5.41 Å². The van der Waals surface area contributed by atoms with Crippen LogP contribution >= 0.6 is 0 Å². The first-order valence-electron chi connectivity index (χ1n) is 10.5. The second kappa shape index (κ2) is 11.3. The van der Waals surface area contributed by atoms with Gasteiger partial charge in [-0.1, -0.05) is 81.1 Å². The highest BCUT2D eigenvalue weighted by Crippen LogP contribution is 2.22. The molecule has 4 heteroatoms. The van der Waals surface area contributed by atoms with Crippen molar-refractivity contribution in [3.05, 3.63) is 89.1 Å². The number of hydrogen-bond donors (Lipinski definition) is 0. The zero-order valence-electron chi connectivity index (χ0n) is 18.9. The topological polar surface area (TPSA) is 52.6 Å². The third kappa shape index (κ3) is 8.25. The monoisotopic (exact) mass is 420 g/mol. The SMILES string of the molecule is C=C(C)C(=O)OCC(C)(C)COC(=O)C1=CC/C=C(/C=C/c2ccccc2)C/C=C/1C. The number of allylic oxidation sites excluding steroid dienone is 5. The number of carbonyl (C=O) groups is 2. The van der Waals surface area contributed by atoms with Crippen molar-refractivity contribution >= 4 is 18.0 Å². The van der Waals surface area contributed by atoms with Gasteiger partial charge in [0.15, 0.2) is 0 Å². The molecule has 1 aromatic carbocycles. The van der Waals surface area contributed by atoms with E-state index >= 15 is 0 Å². The van der Waals surface area contributed by atoms with Crippen LogP contribution in [0.25, 0.3) is 6.08 Å². The first-order chi connectivity index (χ1) is 14.7. The molecule has 0 amide bonds. The molecule has 0 saturated heterocycles. The van der Waals surface area contributed by atoms with Crippen LogP contribution in [0.15, 0.2) is 83.5 Å². The molecule has 0 unspecified atom stereocenters. The van der Waals surface area contributed by atoms with Crippen LogP contribution in [-0.2, 0) is 19.1 Å². The maximum Gasteiger partial charge on any atom is 0.338 e. The molecule has 0 N–H and O–H groups in total. The van der Waals surface area contributed by atoms with Gasteiger partial charge in [-0.3, -0.25) is 0 Å². The van der Waals surface area contributed by atoms with Crippen LogP contribution in [0.5, 0.6) is 0 Å². The molecule has 0 heterocycles. The van der Waals surface area contributed by atoms with Gasteiger partial charge in [-0.05, 0) is 43.4 Å². The largest absolute Gasteiger partial charge is 0.462 e. The lowest BCUT2D eigenvalue weighted by Gasteiger charge is -2.24. The van der Waals surface area contributed by atoms with E-state index in [1.165, 1.54) is 5.57 Å². The Morgan fingerprint density at radius 2 is 1.71 bits per heavy atom. The van der Waals surface area contributed by atoms with E-state index in [2.05, 4.69) is 36.9 Å². The van der Waals surface area contributed by atoms with Gasteiger partial charge in [-0.25, -0.2) is 9.59 Å². The van der Waals surface area contributed by atoms with E-state index in [4.69, 9.17) is 9.47 Å². The number of esters is 2. The molecule has 0 aromatic heterocycles. The second-order valence-corrected chi connectivity index (χ2v) is 8.56. The zero-order chi connectivity index (χ0) is 22.9. The summed E-state index contributed by atoms with van der Waals surface area (Å²) < 4.78 is 10.7. The zero-order valence-corrected chi connectivity index (χ0v) is 18.9. The molecular formula is C27H32O4. The van der Waals surface area contributed by atoms with E-state index in [-0.39, 0.29) is 19.2 Å². The van der Waals surface area contributed by atoms with Crippen LogP contribution in [0, 0.1) is 5.41 Å². The van der Waals surface area contributed by atoms with Crippen LogP contribution in [0.4, 0.5) is 0 Å². The number of benzene rings is 1. The van der Waals surface area contributed by atoms with Crippen molar-refractivity contribution in [3.63, 3.8) is 0 Å². The summed E-state index contributed by atoms with van der Waals surface area (Å²) in [6.07, 6.45) is 11.7. The van der Waals surface area contributed by atoms with Crippen LogP contribution in [-0.4, -0.2) is 25.2 Å². The molecule has 0 fully saturated rings. The Balaban J connectivity index is 1.96. The van der Waals surface area contributed by atoms with Gasteiger partial charge in [-0.2, -0.15) is 0 Å². The Morgan fingerprint density at radius 3 is 2.39 bits per heavy atom. The number of hydrogen-bond acceptors (Lipinski definition) is 4. The summed E-state index contributed by atoms with van der Waals surface area (Å²) >= 11 is 0. The summed E-state index contributed by atoms with van der Waals surface area (Å²) in [5, 5.41) is 0. The lowest BCUT2D eigenvalue weighted by Crippen LogP contribution is -2.29. The molecule has 0 saturated carbocycles. The van der Waals surface area contributed by atoms with Gasteiger partial charge in [0.1, 0.15) is 0 Å². The first kappa shape index (κ1) is 24.1. The van der Waals surface area contributed by atoms with Gasteiger partial charge in [0.2, 0.25) is 0 Å². The quantitative estimate of drug-likeness (QED) is 0.383. The summed E-state index contributed by atoms with van der Waals surface area (Å²) in [4.78, 5) is 24.3. The Labute approximate surface area is 185 Å². The fourth-order valence-corrected chi connectivity index (χ4v) is 2.87. The maximum absolute atomic E-state index is 12.7. The van der Waals surface area contributed by atoms with E-state index < -0.39 is 11.4 Å². The van der Waals surface area contributed by atoms with Crippen molar-refractivity contribution in [2.45, 2.75) is 40.5 Å². The predicted molar refractivity (Wildman–Crippen MR) is 125 cm³/mol. The fraction of sp³-hybridized carbons (Fsp3) is 0.333. The Morgan fingerprint density at radius 1 is 1.03 bits per heavy atom. The molecule has 0 radical (unpaired) electrons. The summed E-state index contributed by atoms with van der Waals surface area (Å²) in [7, 11) is 0. The van der Waals surface area contributed by atoms with Crippen LogP contribution in [0.3, 0.4) is 0 Å². The van der Waals surface area contributed by atoms with E-state index in [1.54, 1.807) is 6.92 Å². The summed E-state index contributed by atoms with van der Waals surface area (Å²) in [6.45, 7) is 11.2. The normalized spacial score (nSPS) is 18.0. The van der Waals surface area contributed by atoms with E-state index in [9.17, 15) is 9.59 Å². The molecule has 4 nitrogen and oxygen atoms in total. The summed E-state index contributed by atoms with van der Waals surface area (Å²) in [5.41, 5.74) is 3.69. The van der Waals surface area contributed by atoms with Crippen LogP contribution < -0.4 is 0 Å². The minimum Gasteiger partial charge on any atom is -0.462 e. The molecule has 1 aromatic rings. The highest BCUT2D eigenvalue weighted by atomic mass is 16.5. The van der Waals surface area contributed by atoms with Gasteiger partial charge >= 0.3 is 11.9 Å². The minimum atomic E-state index is -0.490. The highest BCUT2D eigenvalue weighted by molar-refractivity contribution is 5.93. The van der Waals surface area contributed by atoms with Crippen LogP contribution in [0.2, 0.25) is 0 Å². The highest BCUT2D eigenvalue weighted by Gasteiger charge is 2.24. The molecule has 1 aliphatic rings. The smallest absolute Gasteiger partial charge is 0.338 e. The number of carbonyl (C=O) groups excluding carboxylic acids is 2. The van der Waals surface area contributed by atoms with E-state index in [1.807, 2.05) is 51.1 Å². The van der Waals surface area contributed by atoms with Crippen molar-refractivity contribution in [1.82, 2.24) is 0 Å². The molecule has 0 bridgehead atoms. The molecule has 31 heavy (non-hydrogen) atoms. The van der Waals surface area contributed by atoms with E-state index in [0.29, 0.717) is 17.6 Å². The number of rotatable bonds is 8. The Hall–Kier alpha value is -3.14. The minimum absolute atomic E-state index is 0.152. The van der Waals surface area contributed by atoms with Gasteiger partial charge in [0, 0.05) is 11.0 Å². The third-order valence-corrected chi connectivity index (χ3v) is 4.82. The maximum atomic E-state index is 12.7. The van der Waals surface area contributed by atoms with Gasteiger partial charge in [0.25, 0.3) is 0 Å². The van der Waals surface area contributed by atoms with Gasteiger partial charge in [0.05, 0.1) is 18.8 Å². The standard InChI is InChI=1S/C27H32O4/c1-20(2)25(28)30-18-27(4,5)19-31-26(29)24-13-9-12-23(15-14-21(24)3)17-16-22-10-7-6-8-11-22/h6-8,10-14,16-17H,1,9,15,18-19H2,2-5H3/b17-16+,21-14+,23-12+,24-13?.